The summed E-state index contributed by atoms with van der Waals surface area (Å²) in [4.78, 5) is 0. The van der Waals surface area contributed by atoms with Gasteiger partial charge in [-0.15, -0.1) is 0 Å². The van der Waals surface area contributed by atoms with Crippen molar-refractivity contribution in [3.05, 3.63) is 0 Å². The highest BCUT2D eigenvalue weighted by Crippen LogP contribution is 2.01. The van der Waals surface area contributed by atoms with Crippen molar-refractivity contribution in [1.82, 2.24) is 10.6 Å². The number of nitrogens with one attached hydrogen (secondary N) is 2. The predicted molar refractivity (Wildman–Crippen MR) is 41.2 cm³/mol. The second-order valence-electron chi connectivity index (χ2n) is 2.59. The van der Waals surface area contributed by atoms with Crippen LogP contribution in [0.25, 0.3) is 0 Å². The largest absolute Gasteiger partial charge is 0.376 e. The zero-order valence-corrected chi connectivity index (χ0v) is 6.52. The van der Waals surface area contributed by atoms with E-state index in [1.807, 2.05) is 7.05 Å². The molecule has 1 unspecified atom stereocenters. The van der Waals surface area contributed by atoms with Gasteiger partial charge in [0.15, 0.2) is 0 Å². The molecule has 0 aliphatic carbocycles. The molecule has 3 heteroatoms. The monoisotopic (exact) mass is 144 g/mol. The molecule has 1 saturated heterocycles. The Morgan fingerprint density at radius 1 is 1.70 bits per heavy atom. The Hall–Kier alpha value is -0.120. The highest BCUT2D eigenvalue weighted by Gasteiger charge is 2.13. The molecule has 1 heterocycles. The van der Waals surface area contributed by atoms with Gasteiger partial charge in [-0.1, -0.05) is 0 Å². The number of hydrogen-bond donors (Lipinski definition) is 2. The van der Waals surface area contributed by atoms with Crippen molar-refractivity contribution in [2.75, 3.05) is 33.3 Å². The molecule has 2 N–H and O–H groups in total. The summed E-state index contributed by atoms with van der Waals surface area (Å²) in [7, 11) is 1.94. The van der Waals surface area contributed by atoms with E-state index < -0.39 is 0 Å². The first-order chi connectivity index (χ1) is 4.93. The Balaban J connectivity index is 1.91. The third-order valence-corrected chi connectivity index (χ3v) is 1.72. The summed E-state index contributed by atoms with van der Waals surface area (Å²) in [6, 6.07) is 0. The minimum atomic E-state index is 0.466. The maximum absolute atomic E-state index is 5.52. The molecule has 60 valence electrons. The van der Waals surface area contributed by atoms with E-state index in [-0.39, 0.29) is 0 Å². The minimum Gasteiger partial charge on any atom is -0.376 e. The smallest absolute Gasteiger partial charge is 0.0712 e. The van der Waals surface area contributed by atoms with Crippen molar-refractivity contribution in [2.24, 2.45) is 0 Å². The summed E-state index contributed by atoms with van der Waals surface area (Å²) >= 11 is 0. The summed E-state index contributed by atoms with van der Waals surface area (Å²) in [6.45, 7) is 3.94. The molecule has 0 bridgehead atoms. The van der Waals surface area contributed by atoms with Crippen LogP contribution in [-0.4, -0.2) is 39.4 Å². The molecule has 0 spiro atoms. The molecule has 1 fully saturated rings. The molecule has 10 heavy (non-hydrogen) atoms. The van der Waals surface area contributed by atoms with Crippen molar-refractivity contribution >= 4 is 0 Å². The Kier molecular flexibility index (Phi) is 3.72. The lowest BCUT2D eigenvalue weighted by molar-refractivity contribution is 0.0700. The van der Waals surface area contributed by atoms with E-state index in [2.05, 4.69) is 10.6 Å². The van der Waals surface area contributed by atoms with E-state index in [1.165, 1.54) is 6.42 Å². The van der Waals surface area contributed by atoms with E-state index in [0.29, 0.717) is 6.10 Å². The first-order valence-corrected chi connectivity index (χ1v) is 3.90. The molecule has 0 amide bonds. The molecule has 0 aromatic rings. The number of ether oxygens (including phenoxy) is 1. The molecule has 0 radical (unpaired) electrons. The maximum atomic E-state index is 5.52. The SMILES string of the molecule is CNCCOC1CCNC1. The summed E-state index contributed by atoms with van der Waals surface area (Å²) in [5.74, 6) is 0. The van der Waals surface area contributed by atoms with Crippen LogP contribution in [0.4, 0.5) is 0 Å². The van der Waals surface area contributed by atoms with Gasteiger partial charge < -0.3 is 15.4 Å². The summed E-state index contributed by atoms with van der Waals surface area (Å²) in [5, 5.41) is 6.30. The van der Waals surface area contributed by atoms with Crippen LogP contribution in [0.2, 0.25) is 0 Å². The zero-order chi connectivity index (χ0) is 7.23. The van der Waals surface area contributed by atoms with E-state index in [0.717, 1.165) is 26.2 Å². The van der Waals surface area contributed by atoms with E-state index in [4.69, 9.17) is 4.74 Å². The quantitative estimate of drug-likeness (QED) is 0.526. The fourth-order valence-electron chi connectivity index (χ4n) is 1.10. The average Bonchev–Trinajstić information content (AvgIpc) is 2.41. The predicted octanol–water partition coefficient (Wildman–Crippen LogP) is -0.416. The Bertz CT molecular complexity index is 81.7. The van der Waals surface area contributed by atoms with Gasteiger partial charge in [0, 0.05) is 13.1 Å². The average molecular weight is 144 g/mol. The van der Waals surface area contributed by atoms with Gasteiger partial charge in [-0.25, -0.2) is 0 Å². The second-order valence-corrected chi connectivity index (χ2v) is 2.59. The number of rotatable bonds is 4. The zero-order valence-electron chi connectivity index (χ0n) is 6.52. The standard InChI is InChI=1S/C7H16N2O/c1-8-4-5-10-7-2-3-9-6-7/h7-9H,2-6H2,1H3. The Morgan fingerprint density at radius 3 is 3.20 bits per heavy atom. The lowest BCUT2D eigenvalue weighted by atomic mass is 10.3. The third-order valence-electron chi connectivity index (χ3n) is 1.72. The highest BCUT2D eigenvalue weighted by atomic mass is 16.5. The number of likely N-dealkylation sites (N-methyl/N-ethyl adjacent to an activating group) is 1. The molecule has 0 saturated carbocycles. The summed E-state index contributed by atoms with van der Waals surface area (Å²) in [6.07, 6.45) is 1.64. The van der Waals surface area contributed by atoms with Gasteiger partial charge in [-0.05, 0) is 20.0 Å². The Morgan fingerprint density at radius 2 is 2.60 bits per heavy atom. The van der Waals surface area contributed by atoms with E-state index in [1.54, 1.807) is 0 Å². The maximum Gasteiger partial charge on any atom is 0.0712 e. The van der Waals surface area contributed by atoms with Gasteiger partial charge in [0.2, 0.25) is 0 Å². The first kappa shape index (κ1) is 7.98. The molecule has 0 aromatic carbocycles. The molecular weight excluding hydrogens is 128 g/mol. The van der Waals surface area contributed by atoms with Gasteiger partial charge in [-0.2, -0.15) is 0 Å². The van der Waals surface area contributed by atoms with Crippen molar-refractivity contribution in [1.29, 1.82) is 0 Å². The van der Waals surface area contributed by atoms with E-state index in [9.17, 15) is 0 Å². The van der Waals surface area contributed by atoms with Gasteiger partial charge >= 0.3 is 0 Å². The van der Waals surface area contributed by atoms with Crippen molar-refractivity contribution in [3.8, 4) is 0 Å². The summed E-state index contributed by atoms with van der Waals surface area (Å²) < 4.78 is 5.52. The Labute approximate surface area is 62.1 Å². The van der Waals surface area contributed by atoms with Crippen molar-refractivity contribution in [3.63, 3.8) is 0 Å². The van der Waals surface area contributed by atoms with Crippen LogP contribution >= 0.6 is 0 Å². The van der Waals surface area contributed by atoms with Crippen LogP contribution in [0.5, 0.6) is 0 Å². The van der Waals surface area contributed by atoms with Crippen molar-refractivity contribution < 1.29 is 4.74 Å². The van der Waals surface area contributed by atoms with Crippen LogP contribution in [0, 0.1) is 0 Å². The van der Waals surface area contributed by atoms with E-state index >= 15 is 0 Å². The lowest BCUT2D eigenvalue weighted by Crippen LogP contribution is -2.22. The second kappa shape index (κ2) is 4.66. The van der Waals surface area contributed by atoms with Crippen LogP contribution in [0.1, 0.15) is 6.42 Å². The van der Waals surface area contributed by atoms with Crippen molar-refractivity contribution in [2.45, 2.75) is 12.5 Å². The van der Waals surface area contributed by atoms with Crippen LogP contribution < -0.4 is 10.6 Å². The fraction of sp³-hybridized carbons (Fsp3) is 1.00. The first-order valence-electron chi connectivity index (χ1n) is 3.90. The normalized spacial score (nSPS) is 25.5. The minimum absolute atomic E-state index is 0.466. The summed E-state index contributed by atoms with van der Waals surface area (Å²) in [5.41, 5.74) is 0. The number of hydrogen-bond acceptors (Lipinski definition) is 3. The molecule has 1 aliphatic heterocycles. The molecule has 0 aromatic heterocycles. The molecule has 1 aliphatic rings. The van der Waals surface area contributed by atoms with Gasteiger partial charge in [-0.3, -0.25) is 0 Å². The topological polar surface area (TPSA) is 33.3 Å². The molecule has 3 nitrogen and oxygen atoms in total. The lowest BCUT2D eigenvalue weighted by Gasteiger charge is -2.08. The van der Waals surface area contributed by atoms with Crippen LogP contribution in [0.15, 0.2) is 0 Å². The fourth-order valence-corrected chi connectivity index (χ4v) is 1.10. The molecule has 1 atom stereocenters. The van der Waals surface area contributed by atoms with Crippen LogP contribution in [0.3, 0.4) is 0 Å². The third kappa shape index (κ3) is 2.64. The highest BCUT2D eigenvalue weighted by molar-refractivity contribution is 4.70. The van der Waals surface area contributed by atoms with Gasteiger partial charge in [0.1, 0.15) is 0 Å². The van der Waals surface area contributed by atoms with Gasteiger partial charge in [0.05, 0.1) is 12.7 Å². The van der Waals surface area contributed by atoms with Crippen LogP contribution in [-0.2, 0) is 4.74 Å². The molecule has 1 rings (SSSR count). The molecular formula is C7H16N2O. The van der Waals surface area contributed by atoms with Gasteiger partial charge in [0.25, 0.3) is 0 Å².